The summed E-state index contributed by atoms with van der Waals surface area (Å²) in [4.78, 5) is 21.0. The zero-order chi connectivity index (χ0) is 16.4. The number of piperazine rings is 1. The quantitative estimate of drug-likeness (QED) is 0.734. The molecule has 4 rings (SSSR count). The van der Waals surface area contributed by atoms with E-state index in [2.05, 4.69) is 14.3 Å². The lowest BCUT2D eigenvalue weighted by Gasteiger charge is -2.34. The van der Waals surface area contributed by atoms with Gasteiger partial charge in [-0.2, -0.15) is 9.36 Å². The Morgan fingerprint density at radius 2 is 1.88 bits per heavy atom. The molecule has 1 aliphatic rings. The minimum absolute atomic E-state index is 0.0191. The van der Waals surface area contributed by atoms with Crippen molar-refractivity contribution in [3.63, 3.8) is 0 Å². The van der Waals surface area contributed by atoms with E-state index in [0.717, 1.165) is 29.6 Å². The van der Waals surface area contributed by atoms with Crippen LogP contribution in [0.1, 0.15) is 10.4 Å². The van der Waals surface area contributed by atoms with Gasteiger partial charge in [0.15, 0.2) is 5.82 Å². The average molecular weight is 340 g/mol. The largest absolute Gasteiger partial charge is 0.472 e. The molecule has 2 aromatic heterocycles. The Bertz CT molecular complexity index is 808. The van der Waals surface area contributed by atoms with Gasteiger partial charge in [-0.3, -0.25) is 4.79 Å². The summed E-state index contributed by atoms with van der Waals surface area (Å²) in [6, 6.07) is 11.7. The van der Waals surface area contributed by atoms with Crippen molar-refractivity contribution in [1.82, 2.24) is 14.3 Å². The molecule has 0 saturated carbocycles. The van der Waals surface area contributed by atoms with Gasteiger partial charge >= 0.3 is 0 Å². The Labute approximate surface area is 143 Å². The van der Waals surface area contributed by atoms with Gasteiger partial charge in [-0.15, -0.1) is 0 Å². The van der Waals surface area contributed by atoms with Gasteiger partial charge in [-0.1, -0.05) is 30.3 Å². The molecule has 0 bridgehead atoms. The van der Waals surface area contributed by atoms with E-state index >= 15 is 0 Å². The number of furan rings is 1. The Balaban J connectivity index is 1.41. The third kappa shape index (κ3) is 2.90. The molecule has 1 amide bonds. The lowest BCUT2D eigenvalue weighted by Crippen LogP contribution is -2.48. The van der Waals surface area contributed by atoms with Crippen molar-refractivity contribution in [2.45, 2.75) is 0 Å². The van der Waals surface area contributed by atoms with Crippen LogP contribution in [0.2, 0.25) is 0 Å². The molecule has 1 saturated heterocycles. The van der Waals surface area contributed by atoms with Crippen molar-refractivity contribution in [3.05, 3.63) is 54.5 Å². The van der Waals surface area contributed by atoms with Crippen molar-refractivity contribution in [3.8, 4) is 11.4 Å². The first-order valence-electron chi connectivity index (χ1n) is 7.77. The number of carbonyl (C=O) groups excluding carboxylic acids is 1. The minimum atomic E-state index is 0.0191. The first kappa shape index (κ1) is 14.9. The number of anilines is 1. The molecule has 0 atom stereocenters. The molecule has 0 aliphatic carbocycles. The molecule has 3 aromatic rings. The van der Waals surface area contributed by atoms with E-state index in [-0.39, 0.29) is 5.91 Å². The van der Waals surface area contributed by atoms with E-state index in [4.69, 9.17) is 4.42 Å². The fraction of sp³-hybridized carbons (Fsp3) is 0.235. The number of hydrogen-bond donors (Lipinski definition) is 0. The number of aromatic nitrogens is 2. The van der Waals surface area contributed by atoms with E-state index < -0.39 is 0 Å². The standard InChI is InChI=1S/C17H16N4O2S/c22-16(14-6-11-23-12-14)20-7-9-21(10-8-20)17-18-15(19-24-17)13-4-2-1-3-5-13/h1-6,11-12H,7-10H2. The maximum Gasteiger partial charge on any atom is 0.257 e. The average Bonchev–Trinajstić information content (AvgIpc) is 3.34. The van der Waals surface area contributed by atoms with Crippen LogP contribution in [0, 0.1) is 0 Å². The lowest BCUT2D eigenvalue weighted by molar-refractivity contribution is 0.0746. The Kier molecular flexibility index (Phi) is 4.00. The molecule has 1 fully saturated rings. The fourth-order valence-corrected chi connectivity index (χ4v) is 3.46. The normalized spacial score (nSPS) is 14.8. The predicted molar refractivity (Wildman–Crippen MR) is 92.2 cm³/mol. The highest BCUT2D eigenvalue weighted by Gasteiger charge is 2.24. The molecular formula is C17H16N4O2S. The molecule has 7 heteroatoms. The molecule has 122 valence electrons. The summed E-state index contributed by atoms with van der Waals surface area (Å²) in [7, 11) is 0. The van der Waals surface area contributed by atoms with Gasteiger partial charge in [0.1, 0.15) is 6.26 Å². The van der Waals surface area contributed by atoms with Gasteiger partial charge in [-0.25, -0.2) is 0 Å². The summed E-state index contributed by atoms with van der Waals surface area (Å²) in [5.41, 5.74) is 1.62. The number of amides is 1. The number of rotatable bonds is 3. The van der Waals surface area contributed by atoms with Crippen LogP contribution < -0.4 is 4.90 Å². The summed E-state index contributed by atoms with van der Waals surface area (Å²) < 4.78 is 9.44. The highest BCUT2D eigenvalue weighted by molar-refractivity contribution is 7.09. The van der Waals surface area contributed by atoms with Crippen molar-refractivity contribution in [1.29, 1.82) is 0 Å². The van der Waals surface area contributed by atoms with E-state index in [1.807, 2.05) is 35.2 Å². The molecule has 1 aliphatic heterocycles. The Morgan fingerprint density at radius 1 is 1.08 bits per heavy atom. The molecule has 6 nitrogen and oxygen atoms in total. The van der Waals surface area contributed by atoms with Crippen molar-refractivity contribution < 1.29 is 9.21 Å². The number of hydrogen-bond acceptors (Lipinski definition) is 6. The number of benzene rings is 1. The Hall–Kier alpha value is -2.67. The maximum atomic E-state index is 12.3. The fourth-order valence-electron chi connectivity index (χ4n) is 2.72. The first-order valence-corrected chi connectivity index (χ1v) is 8.54. The van der Waals surface area contributed by atoms with Crippen LogP contribution in [-0.4, -0.2) is 46.3 Å². The highest BCUT2D eigenvalue weighted by atomic mass is 32.1. The summed E-state index contributed by atoms with van der Waals surface area (Å²) >= 11 is 1.40. The topological polar surface area (TPSA) is 62.5 Å². The van der Waals surface area contributed by atoms with Crippen LogP contribution >= 0.6 is 11.5 Å². The van der Waals surface area contributed by atoms with E-state index in [1.165, 1.54) is 24.1 Å². The number of carbonyl (C=O) groups is 1. The summed E-state index contributed by atoms with van der Waals surface area (Å²) in [6.45, 7) is 2.86. The van der Waals surface area contributed by atoms with E-state index in [9.17, 15) is 4.79 Å². The summed E-state index contributed by atoms with van der Waals surface area (Å²) in [5.74, 6) is 0.776. The molecular weight excluding hydrogens is 324 g/mol. The van der Waals surface area contributed by atoms with Crippen LogP contribution in [0.15, 0.2) is 53.3 Å². The van der Waals surface area contributed by atoms with Crippen molar-refractivity contribution in [2.75, 3.05) is 31.1 Å². The van der Waals surface area contributed by atoms with Crippen molar-refractivity contribution >= 4 is 22.6 Å². The van der Waals surface area contributed by atoms with Crippen LogP contribution in [0.4, 0.5) is 5.13 Å². The first-order chi connectivity index (χ1) is 11.8. The second-order valence-electron chi connectivity index (χ2n) is 5.56. The molecule has 0 N–H and O–H groups in total. The second kappa shape index (κ2) is 6.45. The van der Waals surface area contributed by atoms with E-state index in [1.54, 1.807) is 6.07 Å². The second-order valence-corrected chi connectivity index (χ2v) is 6.29. The van der Waals surface area contributed by atoms with Gasteiger partial charge in [-0.05, 0) is 6.07 Å². The third-order valence-corrected chi connectivity index (χ3v) is 4.83. The zero-order valence-electron chi connectivity index (χ0n) is 13.0. The molecule has 0 spiro atoms. The molecule has 0 radical (unpaired) electrons. The van der Waals surface area contributed by atoms with Crippen LogP contribution in [-0.2, 0) is 0 Å². The maximum absolute atomic E-state index is 12.3. The van der Waals surface area contributed by atoms with Gasteiger partial charge in [0.25, 0.3) is 5.91 Å². The van der Waals surface area contributed by atoms with Crippen LogP contribution in [0.25, 0.3) is 11.4 Å². The zero-order valence-corrected chi connectivity index (χ0v) is 13.8. The molecule has 24 heavy (non-hydrogen) atoms. The molecule has 1 aromatic carbocycles. The van der Waals surface area contributed by atoms with Crippen LogP contribution in [0.3, 0.4) is 0 Å². The predicted octanol–water partition coefficient (Wildman–Crippen LogP) is 2.76. The van der Waals surface area contributed by atoms with Crippen molar-refractivity contribution in [2.24, 2.45) is 0 Å². The smallest absolute Gasteiger partial charge is 0.257 e. The van der Waals surface area contributed by atoms with Gasteiger partial charge in [0.2, 0.25) is 5.13 Å². The Morgan fingerprint density at radius 3 is 2.58 bits per heavy atom. The number of nitrogens with zero attached hydrogens (tertiary/aromatic N) is 4. The third-order valence-electron chi connectivity index (χ3n) is 4.05. The molecule has 0 unspecified atom stereocenters. The van der Waals surface area contributed by atoms with Gasteiger partial charge in [0.05, 0.1) is 11.8 Å². The SMILES string of the molecule is O=C(c1ccoc1)N1CCN(c2nc(-c3ccccc3)ns2)CC1. The summed E-state index contributed by atoms with van der Waals surface area (Å²) in [5, 5.41) is 0.907. The molecule has 3 heterocycles. The van der Waals surface area contributed by atoms with Crippen LogP contribution in [0.5, 0.6) is 0 Å². The lowest BCUT2D eigenvalue weighted by atomic mass is 10.2. The minimum Gasteiger partial charge on any atom is -0.472 e. The summed E-state index contributed by atoms with van der Waals surface area (Å²) in [6.07, 6.45) is 3.02. The highest BCUT2D eigenvalue weighted by Crippen LogP contribution is 2.24. The van der Waals surface area contributed by atoms with Gasteiger partial charge in [0, 0.05) is 43.3 Å². The monoisotopic (exact) mass is 340 g/mol. The van der Waals surface area contributed by atoms with Gasteiger partial charge < -0.3 is 14.2 Å². The van der Waals surface area contributed by atoms with E-state index in [0.29, 0.717) is 18.7 Å².